The van der Waals surface area contributed by atoms with Crippen molar-refractivity contribution >= 4 is 53.7 Å². The van der Waals surface area contributed by atoms with E-state index in [9.17, 15) is 32.5 Å². The van der Waals surface area contributed by atoms with Crippen molar-refractivity contribution in [1.82, 2.24) is 25.0 Å². The average Bonchev–Trinajstić information content (AvgIpc) is 3.78. The number of amides is 4. The van der Waals surface area contributed by atoms with Gasteiger partial charge in [0.1, 0.15) is 17.8 Å². The number of hydrogen-bond acceptors (Lipinski definition) is 5. The van der Waals surface area contributed by atoms with Crippen LogP contribution in [0.2, 0.25) is 5.02 Å². The number of nitrogens with zero attached hydrogens (tertiary/aromatic N) is 3. The van der Waals surface area contributed by atoms with Crippen LogP contribution in [0.1, 0.15) is 60.6 Å². The fourth-order valence-corrected chi connectivity index (χ4v) is 8.01. The van der Waals surface area contributed by atoms with Gasteiger partial charge in [0.25, 0.3) is 5.91 Å². The van der Waals surface area contributed by atoms with E-state index in [2.05, 4.69) is 10.3 Å². The molecule has 3 aliphatic rings. The minimum atomic E-state index is -5.81. The highest BCUT2D eigenvalue weighted by molar-refractivity contribution is 7.52. The molecule has 4 atom stereocenters. The van der Waals surface area contributed by atoms with Crippen molar-refractivity contribution in [2.75, 3.05) is 19.6 Å². The van der Waals surface area contributed by atoms with E-state index >= 15 is 0 Å². The number of rotatable bonds is 7. The number of carbonyl (C=O) groups is 4. The van der Waals surface area contributed by atoms with Crippen molar-refractivity contribution < 1.29 is 42.3 Å². The van der Waals surface area contributed by atoms with E-state index in [4.69, 9.17) is 21.4 Å². The maximum atomic E-state index is 14.4. The van der Waals surface area contributed by atoms with Gasteiger partial charge in [0.15, 0.2) is 0 Å². The van der Waals surface area contributed by atoms with Gasteiger partial charge >= 0.3 is 13.3 Å². The Morgan fingerprint density at radius 3 is 2.55 bits per heavy atom. The zero-order chi connectivity index (χ0) is 35.2. The van der Waals surface area contributed by atoms with Crippen LogP contribution in [-0.4, -0.2) is 96.9 Å². The summed E-state index contributed by atoms with van der Waals surface area (Å²) in [6.45, 7) is 2.12. The third-order valence-electron chi connectivity index (χ3n) is 9.83. The standard InChI is InChI=1S/C33H37ClF2N5O7P/c1-19(42)39-13-11-24-8-10-29(32(45)40-12-3-6-25(40)15-20-4-2-5-23(34)14-20)41(24)31(44)28(18-39)38-30(43)27-17-21-16-22(7-9-26(21)37-27)33(35,36)49(46,47)48/h2,4-5,7,9,14,16-17,24-25,28-29,37H,3,6,8,10-13,15,18H2,1H3,(H,38,43)(H2,46,47,48)/t24-,25?,28?,29+/m1/s1. The zero-order valence-corrected chi connectivity index (χ0v) is 28.3. The Kier molecular flexibility index (Phi) is 9.62. The Labute approximate surface area is 285 Å². The quantitative estimate of drug-likeness (QED) is 0.268. The summed E-state index contributed by atoms with van der Waals surface area (Å²) in [6.07, 6.45) is 3.76. The Hall–Kier alpha value is -3.84. The largest absolute Gasteiger partial charge is 0.399 e. The molecule has 3 aromatic rings. The second-order valence-corrected chi connectivity index (χ2v) is 15.1. The number of nitrogens with one attached hydrogen (secondary N) is 2. The topological polar surface area (TPSA) is 163 Å². The summed E-state index contributed by atoms with van der Waals surface area (Å²) in [5, 5.41) is 3.40. The van der Waals surface area contributed by atoms with Crippen molar-refractivity contribution in [3.8, 4) is 0 Å². The van der Waals surface area contributed by atoms with E-state index in [0.717, 1.165) is 30.5 Å². The molecule has 2 unspecified atom stereocenters. The molecule has 2 aromatic carbocycles. The highest BCUT2D eigenvalue weighted by Crippen LogP contribution is 2.59. The molecule has 6 rings (SSSR count). The van der Waals surface area contributed by atoms with Crippen molar-refractivity contribution in [3.63, 3.8) is 0 Å². The van der Waals surface area contributed by atoms with Gasteiger partial charge in [-0.15, -0.1) is 0 Å². The molecule has 49 heavy (non-hydrogen) atoms. The second kappa shape index (κ2) is 13.5. The summed E-state index contributed by atoms with van der Waals surface area (Å²) in [5.74, 6) is -1.68. The Bertz CT molecular complexity index is 1850. The molecule has 0 saturated carbocycles. The van der Waals surface area contributed by atoms with Gasteiger partial charge in [0, 0.05) is 60.1 Å². The lowest BCUT2D eigenvalue weighted by Crippen LogP contribution is -2.61. The van der Waals surface area contributed by atoms with Crippen LogP contribution in [0, 0.1) is 0 Å². The maximum absolute atomic E-state index is 14.4. The Morgan fingerprint density at radius 1 is 1.06 bits per heavy atom. The Balaban J connectivity index is 1.23. The van der Waals surface area contributed by atoms with Gasteiger partial charge in [-0.1, -0.05) is 29.8 Å². The minimum absolute atomic E-state index is 0.0530. The summed E-state index contributed by atoms with van der Waals surface area (Å²) < 4.78 is 40.1. The van der Waals surface area contributed by atoms with Crippen LogP contribution in [0.3, 0.4) is 0 Å². The highest BCUT2D eigenvalue weighted by atomic mass is 35.5. The van der Waals surface area contributed by atoms with Gasteiger partial charge in [-0.25, -0.2) is 0 Å². The van der Waals surface area contributed by atoms with E-state index in [1.165, 1.54) is 24.0 Å². The summed E-state index contributed by atoms with van der Waals surface area (Å²) in [7, 11) is -5.81. The molecular weight excluding hydrogens is 683 g/mol. The fourth-order valence-electron chi connectivity index (χ4n) is 7.32. The lowest BCUT2D eigenvalue weighted by atomic mass is 10.0. The molecule has 3 saturated heterocycles. The lowest BCUT2D eigenvalue weighted by Gasteiger charge is -2.39. The first-order chi connectivity index (χ1) is 23.1. The van der Waals surface area contributed by atoms with Gasteiger partial charge < -0.3 is 34.8 Å². The maximum Gasteiger partial charge on any atom is 0.399 e. The first-order valence-electron chi connectivity index (χ1n) is 16.1. The van der Waals surface area contributed by atoms with Gasteiger partial charge in [-0.3, -0.25) is 23.7 Å². The van der Waals surface area contributed by atoms with Crippen molar-refractivity contribution in [2.24, 2.45) is 0 Å². The molecule has 12 nitrogen and oxygen atoms in total. The van der Waals surface area contributed by atoms with Crippen LogP contribution in [0.25, 0.3) is 10.9 Å². The van der Waals surface area contributed by atoms with Crippen LogP contribution in [0.15, 0.2) is 48.5 Å². The zero-order valence-electron chi connectivity index (χ0n) is 26.7. The van der Waals surface area contributed by atoms with Gasteiger partial charge in [-0.2, -0.15) is 8.78 Å². The van der Waals surface area contributed by atoms with Gasteiger partial charge in [0.05, 0.1) is 0 Å². The predicted octanol–water partition coefficient (Wildman–Crippen LogP) is 3.99. The first-order valence-corrected chi connectivity index (χ1v) is 18.1. The number of benzene rings is 2. The summed E-state index contributed by atoms with van der Waals surface area (Å²) in [6, 6.07) is 9.34. The third-order valence-corrected chi connectivity index (χ3v) is 11.1. The predicted molar refractivity (Wildman–Crippen MR) is 176 cm³/mol. The SMILES string of the molecule is CC(=O)N1CC[C@H]2CC[C@@H](C(=O)N3CCCC3Cc3cccc(Cl)c3)N2C(=O)C(NC(=O)c2cc3cc(C(F)(F)P(=O)(O)O)ccc3[nH]2)C1. The Morgan fingerprint density at radius 2 is 1.84 bits per heavy atom. The van der Waals surface area contributed by atoms with E-state index in [-0.39, 0.29) is 47.0 Å². The average molecular weight is 720 g/mol. The molecule has 0 radical (unpaired) electrons. The first kappa shape index (κ1) is 35.0. The van der Waals surface area contributed by atoms with Gasteiger partial charge in [-0.05, 0) is 74.4 Å². The molecule has 1 aromatic heterocycles. The van der Waals surface area contributed by atoms with Crippen molar-refractivity contribution in [1.29, 1.82) is 0 Å². The second-order valence-electron chi connectivity index (χ2n) is 13.0. The molecule has 0 bridgehead atoms. The summed E-state index contributed by atoms with van der Waals surface area (Å²) in [4.78, 5) is 80.5. The fraction of sp³-hybridized carbons (Fsp3) is 0.455. The van der Waals surface area contributed by atoms with Crippen molar-refractivity contribution in [2.45, 2.75) is 75.3 Å². The summed E-state index contributed by atoms with van der Waals surface area (Å²) in [5.41, 5.74) is -4.20. The van der Waals surface area contributed by atoms with E-state index in [1.807, 2.05) is 23.1 Å². The lowest BCUT2D eigenvalue weighted by molar-refractivity contribution is -0.149. The van der Waals surface area contributed by atoms with Crippen LogP contribution >= 0.6 is 19.2 Å². The molecule has 16 heteroatoms. The number of aromatic amines is 1. The number of H-pyrrole nitrogens is 1. The number of carbonyl (C=O) groups excluding carboxylic acids is 4. The molecule has 3 aliphatic heterocycles. The molecule has 0 aliphatic carbocycles. The molecule has 4 N–H and O–H groups in total. The highest BCUT2D eigenvalue weighted by Gasteiger charge is 2.51. The van der Waals surface area contributed by atoms with Crippen LogP contribution in [0.5, 0.6) is 0 Å². The number of hydrogen-bond donors (Lipinski definition) is 4. The molecular formula is C33H37ClF2N5O7P. The third kappa shape index (κ3) is 6.96. The molecule has 0 spiro atoms. The van der Waals surface area contributed by atoms with E-state index in [1.54, 1.807) is 11.0 Å². The molecule has 4 amide bonds. The number of likely N-dealkylation sites (tertiary alicyclic amines) is 1. The van der Waals surface area contributed by atoms with Crippen LogP contribution < -0.4 is 5.32 Å². The van der Waals surface area contributed by atoms with E-state index in [0.29, 0.717) is 43.8 Å². The number of aromatic nitrogens is 1. The number of fused-ring (bicyclic) bond motifs is 2. The molecule has 262 valence electrons. The normalized spacial score (nSPS) is 23.4. The number of alkyl halides is 2. The molecule has 3 fully saturated rings. The monoisotopic (exact) mass is 719 g/mol. The van der Waals surface area contributed by atoms with Gasteiger partial charge in [0.2, 0.25) is 17.7 Å². The van der Waals surface area contributed by atoms with Crippen LogP contribution in [-0.2, 0) is 31.0 Å². The summed E-state index contributed by atoms with van der Waals surface area (Å²) >= 11 is 6.20. The number of halogens is 3. The van der Waals surface area contributed by atoms with Crippen molar-refractivity contribution in [3.05, 3.63) is 70.4 Å². The van der Waals surface area contributed by atoms with E-state index < -0.39 is 42.7 Å². The minimum Gasteiger partial charge on any atom is -0.351 e. The molecule has 4 heterocycles. The smallest absolute Gasteiger partial charge is 0.351 e. The van der Waals surface area contributed by atoms with Crippen LogP contribution in [0.4, 0.5) is 8.78 Å².